The van der Waals surface area contributed by atoms with E-state index in [0.717, 1.165) is 38.1 Å². The van der Waals surface area contributed by atoms with Crippen LogP contribution in [-0.4, -0.2) is 29.1 Å². The number of hydrogen-bond donors (Lipinski definition) is 1. The maximum absolute atomic E-state index is 12.7. The lowest BCUT2D eigenvalue weighted by atomic mass is 9.98. The maximum Gasteiger partial charge on any atom is 0.244 e. The lowest BCUT2D eigenvalue weighted by molar-refractivity contribution is -0.133. The van der Waals surface area contributed by atoms with E-state index in [9.17, 15) is 4.79 Å². The van der Waals surface area contributed by atoms with Gasteiger partial charge in [0.25, 0.3) is 0 Å². The van der Waals surface area contributed by atoms with Crippen LogP contribution in [0.5, 0.6) is 0 Å². The summed E-state index contributed by atoms with van der Waals surface area (Å²) in [4.78, 5) is 14.8. The van der Waals surface area contributed by atoms with Crippen molar-refractivity contribution in [3.05, 3.63) is 0 Å². The normalized spacial score (nSPS) is 26.0. The minimum Gasteiger partial charge on any atom is -0.326 e. The van der Waals surface area contributed by atoms with Gasteiger partial charge in [-0.1, -0.05) is 46.5 Å². The van der Waals surface area contributed by atoms with E-state index in [4.69, 9.17) is 0 Å². The topological polar surface area (TPSA) is 32.3 Å². The first-order valence-corrected chi connectivity index (χ1v) is 8.18. The fraction of sp³-hybridized carbons (Fsp3) is 0.938. The lowest BCUT2D eigenvalue weighted by Gasteiger charge is -2.23. The molecule has 0 bridgehead atoms. The monoisotopic (exact) mass is 266 g/mol. The summed E-state index contributed by atoms with van der Waals surface area (Å²) in [5, 5.41) is 3.64. The van der Waals surface area contributed by atoms with E-state index >= 15 is 0 Å². The summed E-state index contributed by atoms with van der Waals surface area (Å²) in [6.07, 6.45) is 9.48. The molecule has 0 aromatic heterocycles. The Bertz CT molecular complexity index is 308. The molecule has 2 rings (SSSR count). The third kappa shape index (κ3) is 3.13. The van der Waals surface area contributed by atoms with Gasteiger partial charge in [-0.2, -0.15) is 0 Å². The highest BCUT2D eigenvalue weighted by Gasteiger charge is 2.51. The van der Waals surface area contributed by atoms with Crippen LogP contribution in [0.25, 0.3) is 0 Å². The predicted molar refractivity (Wildman–Crippen MR) is 78.8 cm³/mol. The summed E-state index contributed by atoms with van der Waals surface area (Å²) in [6, 6.07) is 0. The van der Waals surface area contributed by atoms with Crippen LogP contribution < -0.4 is 5.32 Å². The van der Waals surface area contributed by atoms with Crippen molar-refractivity contribution < 1.29 is 4.79 Å². The first-order valence-electron chi connectivity index (χ1n) is 8.18. The Morgan fingerprint density at radius 1 is 1.32 bits per heavy atom. The molecule has 1 saturated carbocycles. The predicted octanol–water partition coefficient (Wildman–Crippen LogP) is 3.29. The smallest absolute Gasteiger partial charge is 0.244 e. The first kappa shape index (κ1) is 14.8. The molecule has 1 aliphatic heterocycles. The van der Waals surface area contributed by atoms with Crippen molar-refractivity contribution in [3.63, 3.8) is 0 Å². The SMILES string of the molecule is CCC1NC2(CCCC2)C(=O)N1CCCCC(C)C. The summed E-state index contributed by atoms with van der Waals surface area (Å²) >= 11 is 0. The number of nitrogens with zero attached hydrogens (tertiary/aromatic N) is 1. The molecule has 2 fully saturated rings. The minimum absolute atomic E-state index is 0.182. The molecule has 1 unspecified atom stereocenters. The lowest BCUT2D eigenvalue weighted by Crippen LogP contribution is -2.44. The zero-order chi connectivity index (χ0) is 13.9. The highest BCUT2D eigenvalue weighted by Crippen LogP contribution is 2.37. The van der Waals surface area contributed by atoms with Gasteiger partial charge < -0.3 is 4.90 Å². The van der Waals surface area contributed by atoms with E-state index in [-0.39, 0.29) is 11.7 Å². The standard InChI is InChI=1S/C16H30N2O/c1-4-14-17-16(10-6-7-11-16)15(19)18(14)12-8-5-9-13(2)3/h13-14,17H,4-12H2,1-3H3. The van der Waals surface area contributed by atoms with Gasteiger partial charge in [0.1, 0.15) is 0 Å². The van der Waals surface area contributed by atoms with Crippen molar-refractivity contribution in [2.45, 2.75) is 83.8 Å². The van der Waals surface area contributed by atoms with Crippen LogP contribution in [0.15, 0.2) is 0 Å². The Morgan fingerprint density at radius 2 is 2.00 bits per heavy atom. The molecule has 1 saturated heterocycles. The van der Waals surface area contributed by atoms with Crippen LogP contribution in [0.1, 0.15) is 72.1 Å². The molecule has 3 nitrogen and oxygen atoms in total. The van der Waals surface area contributed by atoms with Crippen molar-refractivity contribution in [2.24, 2.45) is 5.92 Å². The van der Waals surface area contributed by atoms with Crippen molar-refractivity contribution in [1.82, 2.24) is 10.2 Å². The largest absolute Gasteiger partial charge is 0.326 e. The van der Waals surface area contributed by atoms with E-state index < -0.39 is 0 Å². The Hall–Kier alpha value is -0.570. The second kappa shape index (κ2) is 6.25. The summed E-state index contributed by atoms with van der Waals surface area (Å²) in [5.41, 5.74) is -0.182. The highest BCUT2D eigenvalue weighted by atomic mass is 16.2. The summed E-state index contributed by atoms with van der Waals surface area (Å²) in [6.45, 7) is 7.66. The average Bonchev–Trinajstić information content (AvgIpc) is 2.94. The van der Waals surface area contributed by atoms with Gasteiger partial charge in [0.15, 0.2) is 0 Å². The fourth-order valence-corrected chi connectivity index (χ4v) is 3.63. The van der Waals surface area contributed by atoms with Gasteiger partial charge in [0, 0.05) is 6.54 Å². The second-order valence-electron chi connectivity index (χ2n) is 6.75. The van der Waals surface area contributed by atoms with Crippen LogP contribution >= 0.6 is 0 Å². The van der Waals surface area contributed by atoms with Crippen molar-refractivity contribution in [1.29, 1.82) is 0 Å². The minimum atomic E-state index is -0.182. The molecular weight excluding hydrogens is 236 g/mol. The third-order valence-corrected chi connectivity index (χ3v) is 4.76. The Balaban J connectivity index is 1.89. The molecule has 1 heterocycles. The molecule has 0 aromatic carbocycles. The van der Waals surface area contributed by atoms with E-state index in [1.54, 1.807) is 0 Å². The number of hydrogen-bond acceptors (Lipinski definition) is 2. The zero-order valence-electron chi connectivity index (χ0n) is 12.9. The van der Waals surface area contributed by atoms with Crippen molar-refractivity contribution in [3.8, 4) is 0 Å². The van der Waals surface area contributed by atoms with Crippen LogP contribution in [0.4, 0.5) is 0 Å². The van der Waals surface area contributed by atoms with Gasteiger partial charge in [0.2, 0.25) is 5.91 Å². The fourth-order valence-electron chi connectivity index (χ4n) is 3.63. The molecule has 1 amide bonds. The van der Waals surface area contributed by atoms with Crippen LogP contribution in [0.2, 0.25) is 0 Å². The Labute approximate surface area is 118 Å². The van der Waals surface area contributed by atoms with Gasteiger partial charge >= 0.3 is 0 Å². The summed E-state index contributed by atoms with van der Waals surface area (Å²) in [5.74, 6) is 1.16. The molecule has 19 heavy (non-hydrogen) atoms. The second-order valence-corrected chi connectivity index (χ2v) is 6.75. The van der Waals surface area contributed by atoms with E-state index in [2.05, 4.69) is 31.0 Å². The van der Waals surface area contributed by atoms with Crippen molar-refractivity contribution >= 4 is 5.91 Å². The summed E-state index contributed by atoms with van der Waals surface area (Å²) < 4.78 is 0. The molecule has 3 heteroatoms. The van der Waals surface area contributed by atoms with Gasteiger partial charge in [-0.05, 0) is 31.6 Å². The number of nitrogens with one attached hydrogen (secondary N) is 1. The number of carbonyl (C=O) groups excluding carboxylic acids is 1. The molecular formula is C16H30N2O. The van der Waals surface area contributed by atoms with Gasteiger partial charge in [-0.25, -0.2) is 0 Å². The quantitative estimate of drug-likeness (QED) is 0.748. The van der Waals surface area contributed by atoms with E-state index in [1.165, 1.54) is 25.7 Å². The van der Waals surface area contributed by atoms with E-state index in [0.29, 0.717) is 5.91 Å². The maximum atomic E-state index is 12.7. The zero-order valence-corrected chi connectivity index (χ0v) is 12.9. The van der Waals surface area contributed by atoms with Crippen LogP contribution in [0.3, 0.4) is 0 Å². The van der Waals surface area contributed by atoms with Crippen LogP contribution in [-0.2, 0) is 4.79 Å². The first-order chi connectivity index (χ1) is 9.09. The average molecular weight is 266 g/mol. The van der Waals surface area contributed by atoms with Gasteiger partial charge in [0.05, 0.1) is 11.7 Å². The molecule has 0 radical (unpaired) electrons. The number of amides is 1. The molecule has 110 valence electrons. The molecule has 0 aromatic rings. The van der Waals surface area contributed by atoms with E-state index in [1.807, 2.05) is 0 Å². The summed E-state index contributed by atoms with van der Waals surface area (Å²) in [7, 11) is 0. The van der Waals surface area contributed by atoms with Gasteiger partial charge in [-0.15, -0.1) is 0 Å². The van der Waals surface area contributed by atoms with Crippen LogP contribution in [0, 0.1) is 5.92 Å². The highest BCUT2D eigenvalue weighted by molar-refractivity contribution is 5.89. The Kier molecular flexibility index (Phi) is 4.88. The van der Waals surface area contributed by atoms with Gasteiger partial charge in [-0.3, -0.25) is 10.1 Å². The molecule has 1 aliphatic carbocycles. The number of rotatable bonds is 6. The molecule has 1 N–H and O–H groups in total. The number of unbranched alkanes of at least 4 members (excludes halogenated alkanes) is 1. The molecule has 2 aliphatic rings. The number of carbonyl (C=O) groups is 1. The third-order valence-electron chi connectivity index (χ3n) is 4.76. The Morgan fingerprint density at radius 3 is 2.58 bits per heavy atom. The molecule has 1 spiro atoms. The molecule has 1 atom stereocenters. The van der Waals surface area contributed by atoms with Crippen molar-refractivity contribution in [2.75, 3.05) is 6.54 Å².